The Labute approximate surface area is 167 Å². The predicted octanol–water partition coefficient (Wildman–Crippen LogP) is 2.85. The first kappa shape index (κ1) is 19.9. The van der Waals surface area contributed by atoms with E-state index in [0.29, 0.717) is 12.2 Å². The van der Waals surface area contributed by atoms with Crippen molar-refractivity contribution in [2.45, 2.75) is 10.9 Å². The molecule has 1 saturated heterocycles. The summed E-state index contributed by atoms with van der Waals surface area (Å²) in [5, 5.41) is 5.43. The summed E-state index contributed by atoms with van der Waals surface area (Å²) in [6, 6.07) is 9.32. The average Bonchev–Trinajstić information content (AvgIpc) is 3.23. The van der Waals surface area contributed by atoms with Crippen LogP contribution in [0.4, 0.5) is 5.69 Å². The number of nitrogens with one attached hydrogen (secondary N) is 2. The van der Waals surface area contributed by atoms with Gasteiger partial charge in [0, 0.05) is 47.3 Å². The third-order valence-electron chi connectivity index (χ3n) is 4.40. The highest BCUT2D eigenvalue weighted by Gasteiger charge is 2.25. The lowest BCUT2D eigenvalue weighted by molar-refractivity contribution is -0.136. The van der Waals surface area contributed by atoms with Gasteiger partial charge >= 0.3 is 11.8 Å². The van der Waals surface area contributed by atoms with E-state index < -0.39 is 11.8 Å². The van der Waals surface area contributed by atoms with E-state index in [1.165, 1.54) is 0 Å². The van der Waals surface area contributed by atoms with Crippen LogP contribution in [-0.2, 0) is 9.59 Å². The average molecular weight is 406 g/mol. The smallest absolute Gasteiger partial charge is 0.313 e. The van der Waals surface area contributed by atoms with E-state index in [0.717, 1.165) is 35.1 Å². The summed E-state index contributed by atoms with van der Waals surface area (Å²) in [7, 11) is 0. The molecule has 6 nitrogen and oxygen atoms in total. The van der Waals surface area contributed by atoms with Crippen LogP contribution in [0, 0.1) is 0 Å². The molecule has 0 aliphatic carbocycles. The third-order valence-corrected chi connectivity index (χ3v) is 6.07. The Balaban J connectivity index is 1.58. The fourth-order valence-corrected chi connectivity index (χ4v) is 4.36. The lowest BCUT2D eigenvalue weighted by Gasteiger charge is -2.33. The standard InChI is InChI=1S/C19H23N3O3S2/c1-26-16-4-2-3-15(11-16)21-19(24)18(23)20-12-17(14-5-8-25-13-14)22-6-9-27-10-7-22/h2-5,8,11,13,17H,6-7,9-10,12H2,1H3,(H,20,23)(H,21,24). The van der Waals surface area contributed by atoms with Crippen LogP contribution in [0.15, 0.2) is 52.2 Å². The molecule has 27 heavy (non-hydrogen) atoms. The fourth-order valence-electron chi connectivity index (χ4n) is 2.97. The lowest BCUT2D eigenvalue weighted by atomic mass is 10.1. The van der Waals surface area contributed by atoms with Gasteiger partial charge in [0.2, 0.25) is 0 Å². The maximum Gasteiger partial charge on any atom is 0.313 e. The van der Waals surface area contributed by atoms with E-state index in [9.17, 15) is 9.59 Å². The molecule has 2 N–H and O–H groups in total. The van der Waals surface area contributed by atoms with Gasteiger partial charge in [-0.2, -0.15) is 11.8 Å². The molecule has 0 saturated carbocycles. The van der Waals surface area contributed by atoms with Crippen LogP contribution in [-0.4, -0.2) is 54.1 Å². The Morgan fingerprint density at radius 1 is 1.26 bits per heavy atom. The second-order valence-electron chi connectivity index (χ2n) is 6.12. The lowest BCUT2D eigenvalue weighted by Crippen LogP contribution is -2.44. The van der Waals surface area contributed by atoms with E-state index in [4.69, 9.17) is 4.42 Å². The Hall–Kier alpha value is -1.90. The van der Waals surface area contributed by atoms with Crippen LogP contribution < -0.4 is 10.6 Å². The van der Waals surface area contributed by atoms with Gasteiger partial charge in [0.05, 0.1) is 18.6 Å². The van der Waals surface area contributed by atoms with Crippen molar-refractivity contribution in [1.29, 1.82) is 0 Å². The van der Waals surface area contributed by atoms with Gasteiger partial charge in [0.25, 0.3) is 0 Å². The van der Waals surface area contributed by atoms with Gasteiger partial charge in [-0.05, 0) is 30.5 Å². The van der Waals surface area contributed by atoms with E-state index >= 15 is 0 Å². The number of amides is 2. The monoisotopic (exact) mass is 405 g/mol. The summed E-state index contributed by atoms with van der Waals surface area (Å²) < 4.78 is 5.22. The molecule has 2 amide bonds. The predicted molar refractivity (Wildman–Crippen MR) is 110 cm³/mol. The summed E-state index contributed by atoms with van der Waals surface area (Å²) in [5.41, 5.74) is 1.62. The van der Waals surface area contributed by atoms with Crippen molar-refractivity contribution >= 4 is 41.0 Å². The van der Waals surface area contributed by atoms with Crippen molar-refractivity contribution in [3.05, 3.63) is 48.4 Å². The summed E-state index contributed by atoms with van der Waals surface area (Å²) in [6.07, 6.45) is 5.30. The van der Waals surface area contributed by atoms with Crippen LogP contribution in [0.2, 0.25) is 0 Å². The number of carbonyl (C=O) groups excluding carboxylic acids is 2. The van der Waals surface area contributed by atoms with E-state index in [1.54, 1.807) is 30.4 Å². The number of rotatable bonds is 6. The van der Waals surface area contributed by atoms with Gasteiger partial charge in [-0.3, -0.25) is 14.5 Å². The van der Waals surface area contributed by atoms with Crippen molar-refractivity contribution < 1.29 is 14.0 Å². The first-order valence-corrected chi connectivity index (χ1v) is 11.1. The molecule has 3 rings (SSSR count). The van der Waals surface area contributed by atoms with Crippen LogP contribution in [0.25, 0.3) is 0 Å². The normalized spacial score (nSPS) is 15.9. The van der Waals surface area contributed by atoms with Gasteiger partial charge in [-0.1, -0.05) is 6.07 Å². The molecule has 0 bridgehead atoms. The van der Waals surface area contributed by atoms with Gasteiger partial charge in [-0.25, -0.2) is 0 Å². The highest BCUT2D eigenvalue weighted by atomic mass is 32.2. The molecule has 1 aromatic heterocycles. The fraction of sp³-hybridized carbons (Fsp3) is 0.368. The van der Waals surface area contributed by atoms with Gasteiger partial charge in [0.15, 0.2) is 0 Å². The van der Waals surface area contributed by atoms with E-state index in [-0.39, 0.29) is 6.04 Å². The van der Waals surface area contributed by atoms with Gasteiger partial charge in [-0.15, -0.1) is 11.8 Å². The molecule has 0 spiro atoms. The Morgan fingerprint density at radius 3 is 2.78 bits per heavy atom. The topological polar surface area (TPSA) is 74.6 Å². The number of hydrogen-bond acceptors (Lipinski definition) is 6. The van der Waals surface area contributed by atoms with Crippen LogP contribution in [0.3, 0.4) is 0 Å². The largest absolute Gasteiger partial charge is 0.472 e. The molecule has 8 heteroatoms. The zero-order valence-electron chi connectivity index (χ0n) is 15.1. The molecule has 1 aliphatic heterocycles. The molecular weight excluding hydrogens is 382 g/mol. The second-order valence-corrected chi connectivity index (χ2v) is 8.22. The minimum atomic E-state index is -0.659. The third kappa shape index (κ3) is 5.54. The molecule has 0 radical (unpaired) electrons. The molecule has 1 fully saturated rings. The number of carbonyl (C=O) groups is 2. The molecule has 1 aliphatic rings. The number of anilines is 1. The molecule has 2 heterocycles. The first-order valence-electron chi connectivity index (χ1n) is 8.74. The first-order chi connectivity index (χ1) is 13.2. The van der Waals surface area contributed by atoms with Crippen molar-refractivity contribution in [3.63, 3.8) is 0 Å². The number of hydrogen-bond donors (Lipinski definition) is 2. The minimum Gasteiger partial charge on any atom is -0.472 e. The quantitative estimate of drug-likeness (QED) is 0.569. The maximum atomic E-state index is 12.3. The second kappa shape index (κ2) is 9.87. The van der Waals surface area contributed by atoms with Crippen LogP contribution >= 0.6 is 23.5 Å². The van der Waals surface area contributed by atoms with Crippen molar-refractivity contribution in [3.8, 4) is 0 Å². The Morgan fingerprint density at radius 2 is 2.07 bits per heavy atom. The van der Waals surface area contributed by atoms with Crippen molar-refractivity contribution in [2.24, 2.45) is 0 Å². The minimum absolute atomic E-state index is 0.00113. The summed E-state index contributed by atoms with van der Waals surface area (Å²) in [5.74, 6) is 0.834. The summed E-state index contributed by atoms with van der Waals surface area (Å²) >= 11 is 3.51. The van der Waals surface area contributed by atoms with Crippen LogP contribution in [0.1, 0.15) is 11.6 Å². The summed E-state index contributed by atoms with van der Waals surface area (Å²) in [4.78, 5) is 27.9. The highest BCUT2D eigenvalue weighted by molar-refractivity contribution is 7.99. The van der Waals surface area contributed by atoms with Crippen LogP contribution in [0.5, 0.6) is 0 Å². The molecule has 1 aromatic carbocycles. The van der Waals surface area contributed by atoms with Gasteiger partial charge in [0.1, 0.15) is 0 Å². The molecule has 2 aromatic rings. The zero-order chi connectivity index (χ0) is 19.1. The van der Waals surface area contributed by atoms with E-state index in [1.807, 2.05) is 42.3 Å². The molecule has 144 valence electrons. The SMILES string of the molecule is CSc1cccc(NC(=O)C(=O)NCC(c2ccoc2)N2CCSCC2)c1. The van der Waals surface area contributed by atoms with E-state index in [2.05, 4.69) is 15.5 Å². The number of furan rings is 1. The number of thioether (sulfide) groups is 2. The zero-order valence-corrected chi connectivity index (χ0v) is 16.8. The summed E-state index contributed by atoms with van der Waals surface area (Å²) in [6.45, 7) is 2.26. The number of benzene rings is 1. The highest BCUT2D eigenvalue weighted by Crippen LogP contribution is 2.24. The maximum absolute atomic E-state index is 12.3. The van der Waals surface area contributed by atoms with Gasteiger partial charge < -0.3 is 15.1 Å². The Kier molecular flexibility index (Phi) is 7.25. The van der Waals surface area contributed by atoms with Crippen molar-refractivity contribution in [2.75, 3.05) is 42.7 Å². The van der Waals surface area contributed by atoms with Crippen molar-refractivity contribution in [1.82, 2.24) is 10.2 Å². The Bertz CT molecular complexity index is 761. The molecular formula is C19H23N3O3S2. The molecule has 1 unspecified atom stereocenters. The molecule has 1 atom stereocenters. The number of nitrogens with zero attached hydrogens (tertiary/aromatic N) is 1.